The van der Waals surface area contributed by atoms with Crippen molar-refractivity contribution in [2.45, 2.75) is 43.9 Å². The number of fused-ring (bicyclic) bond motifs is 4. The van der Waals surface area contributed by atoms with E-state index < -0.39 is 5.72 Å². The Labute approximate surface area is 147 Å². The quantitative estimate of drug-likeness (QED) is 0.790. The molecule has 25 heavy (non-hydrogen) atoms. The molecule has 0 aromatic heterocycles. The van der Waals surface area contributed by atoms with Crippen LogP contribution in [0.5, 0.6) is 5.75 Å². The van der Waals surface area contributed by atoms with E-state index in [1.807, 2.05) is 36.4 Å². The van der Waals surface area contributed by atoms with E-state index in [9.17, 15) is 4.79 Å². The molecule has 2 aromatic carbocycles. The predicted octanol–water partition coefficient (Wildman–Crippen LogP) is 4.07. The highest BCUT2D eigenvalue weighted by atomic mass is 16.5. The fraction of sp³-hybridized carbons (Fsp3) is 0.333. The van der Waals surface area contributed by atoms with Gasteiger partial charge in [0, 0.05) is 24.8 Å². The fourth-order valence-electron chi connectivity index (χ4n) is 4.36. The number of carbonyl (C=O) groups is 1. The van der Waals surface area contributed by atoms with Crippen LogP contribution < -0.4 is 4.74 Å². The largest absolute Gasteiger partial charge is 0.466 e. The Balaban J connectivity index is 1.62. The van der Waals surface area contributed by atoms with E-state index in [0.29, 0.717) is 12.8 Å². The molecule has 4 heteroatoms. The molecule has 2 aliphatic heterocycles. The summed E-state index contributed by atoms with van der Waals surface area (Å²) in [5, 5.41) is 7.06. The monoisotopic (exact) mass is 332 g/mol. The molecule has 0 N–H and O–H groups in total. The van der Waals surface area contributed by atoms with E-state index in [1.165, 1.54) is 5.56 Å². The van der Waals surface area contributed by atoms with Gasteiger partial charge in [-0.3, -0.25) is 4.79 Å². The minimum Gasteiger partial charge on any atom is -0.466 e. The van der Waals surface area contributed by atoms with Gasteiger partial charge in [-0.25, -0.2) is 5.01 Å². The molecule has 5 rings (SSSR count). The highest BCUT2D eigenvalue weighted by Gasteiger charge is 2.52. The number of rotatable bonds is 1. The Kier molecular flexibility index (Phi) is 3.20. The van der Waals surface area contributed by atoms with Crippen LogP contribution in [0.1, 0.15) is 49.3 Å². The third-order valence-electron chi connectivity index (χ3n) is 5.51. The number of ether oxygens (including phenoxy) is 1. The molecule has 0 saturated heterocycles. The van der Waals surface area contributed by atoms with Crippen LogP contribution in [-0.4, -0.2) is 22.2 Å². The zero-order valence-corrected chi connectivity index (χ0v) is 14.0. The first kappa shape index (κ1) is 14.7. The van der Waals surface area contributed by atoms with Crippen molar-refractivity contribution < 1.29 is 9.53 Å². The van der Waals surface area contributed by atoms with Crippen LogP contribution >= 0.6 is 0 Å². The van der Waals surface area contributed by atoms with E-state index in [1.54, 1.807) is 0 Å². The zero-order valence-electron chi connectivity index (χ0n) is 14.0. The summed E-state index contributed by atoms with van der Waals surface area (Å²) in [7, 11) is 0. The molecule has 1 saturated carbocycles. The number of para-hydroxylation sites is 1. The second-order valence-corrected chi connectivity index (χ2v) is 7.13. The number of benzene rings is 2. The first-order chi connectivity index (χ1) is 12.3. The lowest BCUT2D eigenvalue weighted by atomic mass is 9.86. The molecule has 0 unspecified atom stereocenters. The van der Waals surface area contributed by atoms with Crippen LogP contribution in [0, 0.1) is 0 Å². The van der Waals surface area contributed by atoms with Crippen LogP contribution in [0.25, 0.3) is 0 Å². The van der Waals surface area contributed by atoms with Crippen molar-refractivity contribution in [3.63, 3.8) is 0 Å². The van der Waals surface area contributed by atoms with Crippen molar-refractivity contribution in [2.24, 2.45) is 5.10 Å². The van der Waals surface area contributed by atoms with Gasteiger partial charge in [0.15, 0.2) is 0 Å². The van der Waals surface area contributed by atoms with Gasteiger partial charge in [0.2, 0.25) is 5.72 Å². The second-order valence-electron chi connectivity index (χ2n) is 7.13. The highest BCUT2D eigenvalue weighted by molar-refractivity contribution is 6.02. The van der Waals surface area contributed by atoms with E-state index >= 15 is 0 Å². The first-order valence-electron chi connectivity index (χ1n) is 8.97. The fourth-order valence-corrected chi connectivity index (χ4v) is 4.36. The molecular formula is C21H20N2O2. The molecule has 3 aliphatic rings. The Morgan fingerprint density at radius 1 is 1.08 bits per heavy atom. The maximum atomic E-state index is 12.2. The smallest absolute Gasteiger partial charge is 0.205 e. The average Bonchev–Trinajstić information content (AvgIpc) is 3.09. The van der Waals surface area contributed by atoms with Gasteiger partial charge in [-0.1, -0.05) is 48.5 Å². The van der Waals surface area contributed by atoms with Gasteiger partial charge in [-0.15, -0.1) is 0 Å². The van der Waals surface area contributed by atoms with Crippen molar-refractivity contribution in [1.29, 1.82) is 0 Å². The van der Waals surface area contributed by atoms with Gasteiger partial charge in [0.25, 0.3) is 0 Å². The summed E-state index contributed by atoms with van der Waals surface area (Å²) >= 11 is 0. The van der Waals surface area contributed by atoms with Gasteiger partial charge in [0.05, 0.1) is 18.2 Å². The molecule has 1 spiro atoms. The third-order valence-corrected chi connectivity index (χ3v) is 5.51. The standard InChI is InChI=1S/C21H20N2O2/c24-16-9-6-12-21(14-16)23-19(17-10-4-5-11-20(17)25-21)13-18(22-23)15-7-2-1-3-8-15/h1-5,7-8,10-11,19H,6,9,12-14H2/t19-,21+/m0/s1. The molecular weight excluding hydrogens is 312 g/mol. The van der Waals surface area contributed by atoms with Gasteiger partial charge < -0.3 is 4.74 Å². The van der Waals surface area contributed by atoms with Crippen molar-refractivity contribution in [2.75, 3.05) is 0 Å². The Morgan fingerprint density at radius 3 is 2.72 bits per heavy atom. The third kappa shape index (κ3) is 2.28. The molecule has 1 fully saturated rings. The highest BCUT2D eigenvalue weighted by Crippen LogP contribution is 2.50. The number of nitrogens with zero attached hydrogens (tertiary/aromatic N) is 2. The van der Waals surface area contributed by atoms with Crippen LogP contribution in [0.2, 0.25) is 0 Å². The molecule has 0 radical (unpaired) electrons. The molecule has 0 amide bonds. The van der Waals surface area contributed by atoms with E-state index in [2.05, 4.69) is 23.2 Å². The van der Waals surface area contributed by atoms with Gasteiger partial charge in [0.1, 0.15) is 11.5 Å². The summed E-state index contributed by atoms with van der Waals surface area (Å²) in [4.78, 5) is 12.2. The lowest BCUT2D eigenvalue weighted by molar-refractivity contribution is -0.156. The van der Waals surface area contributed by atoms with Crippen LogP contribution in [0.3, 0.4) is 0 Å². The normalized spacial score (nSPS) is 27.5. The van der Waals surface area contributed by atoms with Gasteiger partial charge >= 0.3 is 0 Å². The number of Topliss-reactive ketones (excluding diaryl/α,β-unsaturated/α-hetero) is 1. The van der Waals surface area contributed by atoms with E-state index in [-0.39, 0.29) is 11.8 Å². The number of hydrogen-bond donors (Lipinski definition) is 0. The Morgan fingerprint density at radius 2 is 1.88 bits per heavy atom. The van der Waals surface area contributed by atoms with Crippen molar-refractivity contribution in [1.82, 2.24) is 5.01 Å². The number of ketones is 1. The summed E-state index contributed by atoms with van der Waals surface area (Å²) < 4.78 is 6.43. The van der Waals surface area contributed by atoms with Crippen molar-refractivity contribution in [3.8, 4) is 5.75 Å². The van der Waals surface area contributed by atoms with Crippen LogP contribution in [-0.2, 0) is 4.79 Å². The molecule has 4 nitrogen and oxygen atoms in total. The minimum absolute atomic E-state index is 0.144. The minimum atomic E-state index is -0.620. The molecule has 2 heterocycles. The second kappa shape index (κ2) is 5.45. The summed E-state index contributed by atoms with van der Waals surface area (Å²) in [6, 6.07) is 18.6. The molecule has 2 atom stereocenters. The SMILES string of the molecule is O=C1CCC[C@]2(C1)Oc1ccccc1[C@@H]1CC(c3ccccc3)=NN12. The molecule has 1 aliphatic carbocycles. The number of carbonyl (C=O) groups excluding carboxylic acids is 1. The Hall–Kier alpha value is -2.62. The summed E-state index contributed by atoms with van der Waals surface area (Å²) in [6.45, 7) is 0. The maximum Gasteiger partial charge on any atom is 0.205 e. The topological polar surface area (TPSA) is 41.9 Å². The van der Waals surface area contributed by atoms with E-state index in [0.717, 1.165) is 36.3 Å². The number of hydrogen-bond acceptors (Lipinski definition) is 4. The van der Waals surface area contributed by atoms with Crippen molar-refractivity contribution in [3.05, 3.63) is 65.7 Å². The lowest BCUT2D eigenvalue weighted by Crippen LogP contribution is -2.56. The molecule has 126 valence electrons. The Bertz CT molecular complexity index is 861. The lowest BCUT2D eigenvalue weighted by Gasteiger charge is -2.49. The molecule has 0 bridgehead atoms. The van der Waals surface area contributed by atoms with Crippen LogP contribution in [0.4, 0.5) is 0 Å². The summed E-state index contributed by atoms with van der Waals surface area (Å²) in [5.74, 6) is 1.18. The summed E-state index contributed by atoms with van der Waals surface area (Å²) in [5.41, 5.74) is 2.76. The first-order valence-corrected chi connectivity index (χ1v) is 8.97. The zero-order chi connectivity index (χ0) is 16.9. The number of hydrazone groups is 1. The average molecular weight is 332 g/mol. The van der Waals surface area contributed by atoms with E-state index in [4.69, 9.17) is 9.84 Å². The predicted molar refractivity (Wildman–Crippen MR) is 95.5 cm³/mol. The summed E-state index contributed by atoms with van der Waals surface area (Å²) in [6.07, 6.45) is 3.62. The maximum absolute atomic E-state index is 12.2. The van der Waals surface area contributed by atoms with Gasteiger partial charge in [-0.2, -0.15) is 5.10 Å². The van der Waals surface area contributed by atoms with Gasteiger partial charge in [-0.05, 0) is 18.1 Å². The van der Waals surface area contributed by atoms with Crippen LogP contribution in [0.15, 0.2) is 59.7 Å². The molecule has 2 aromatic rings. The van der Waals surface area contributed by atoms with Crippen molar-refractivity contribution >= 4 is 11.5 Å².